The minimum atomic E-state index is -0.305. The second-order valence-electron chi connectivity index (χ2n) is 7.92. The summed E-state index contributed by atoms with van der Waals surface area (Å²) in [6.45, 7) is 12.4. The van der Waals surface area contributed by atoms with Gasteiger partial charge in [-0.1, -0.05) is 11.2 Å². The Morgan fingerprint density at radius 2 is 1.96 bits per heavy atom. The minimum Gasteiger partial charge on any atom is -0.493 e. The van der Waals surface area contributed by atoms with Crippen LogP contribution in [0.2, 0.25) is 0 Å². The van der Waals surface area contributed by atoms with Crippen LogP contribution in [0.3, 0.4) is 0 Å². The molecular formula is C21H31N3O4. The topological polar surface area (TPSA) is 85.6 Å². The Labute approximate surface area is 166 Å². The number of ether oxygens (including phenoxy) is 2. The summed E-state index contributed by atoms with van der Waals surface area (Å²) >= 11 is 0. The lowest BCUT2D eigenvalue weighted by atomic mass is 10.1. The third-order valence-electron chi connectivity index (χ3n) is 4.29. The number of benzene rings is 1. The molecule has 154 valence electrons. The Morgan fingerprint density at radius 3 is 2.54 bits per heavy atom. The van der Waals surface area contributed by atoms with Crippen LogP contribution in [0.1, 0.15) is 50.3 Å². The van der Waals surface area contributed by atoms with Crippen LogP contribution in [0, 0.1) is 13.8 Å². The lowest BCUT2D eigenvalue weighted by Crippen LogP contribution is -2.49. The average Bonchev–Trinajstić information content (AvgIpc) is 2.94. The molecule has 0 aliphatic heterocycles. The first kappa shape index (κ1) is 21.8. The molecule has 1 aromatic carbocycles. The van der Waals surface area contributed by atoms with Crippen LogP contribution in [0.15, 0.2) is 22.7 Å². The molecule has 7 nitrogen and oxygen atoms in total. The standard InChI is InChI=1S/C21H31N3O4/c1-13-17(15(3)28-24-13)12-27-18-9-8-16(10-19(18)26-7)11-22-14(2)20(25)23-21(4,5)6/h8-10,14,22H,11-12H2,1-7H3,(H,23,25). The summed E-state index contributed by atoms with van der Waals surface area (Å²) in [7, 11) is 1.61. The van der Waals surface area contributed by atoms with E-state index in [2.05, 4.69) is 15.8 Å². The Bertz CT molecular complexity index is 789. The molecule has 0 radical (unpaired) electrons. The number of nitrogens with one attached hydrogen (secondary N) is 2. The van der Waals surface area contributed by atoms with E-state index in [1.807, 2.05) is 59.7 Å². The van der Waals surface area contributed by atoms with E-state index in [-0.39, 0.29) is 17.5 Å². The van der Waals surface area contributed by atoms with Crippen LogP contribution in [0.5, 0.6) is 11.5 Å². The molecule has 1 amide bonds. The van der Waals surface area contributed by atoms with Gasteiger partial charge in [0, 0.05) is 12.1 Å². The number of aromatic nitrogens is 1. The first-order valence-electron chi connectivity index (χ1n) is 9.37. The SMILES string of the molecule is COc1cc(CNC(C)C(=O)NC(C)(C)C)ccc1OCc1c(C)noc1C. The Morgan fingerprint density at radius 1 is 1.25 bits per heavy atom. The monoisotopic (exact) mass is 389 g/mol. The van der Waals surface area contributed by atoms with Gasteiger partial charge in [-0.05, 0) is 59.2 Å². The number of carbonyl (C=O) groups excluding carboxylic acids is 1. The molecule has 0 bridgehead atoms. The maximum atomic E-state index is 12.2. The Balaban J connectivity index is 1.97. The molecule has 1 unspecified atom stereocenters. The fourth-order valence-electron chi connectivity index (χ4n) is 2.64. The van der Waals surface area contributed by atoms with Crippen molar-refractivity contribution in [3.05, 3.63) is 40.8 Å². The molecule has 7 heteroatoms. The van der Waals surface area contributed by atoms with Crippen LogP contribution in [0.25, 0.3) is 0 Å². The van der Waals surface area contributed by atoms with E-state index in [4.69, 9.17) is 14.0 Å². The van der Waals surface area contributed by atoms with Gasteiger partial charge < -0.3 is 24.6 Å². The second kappa shape index (κ2) is 9.10. The summed E-state index contributed by atoms with van der Waals surface area (Å²) in [5.41, 5.74) is 2.50. The van der Waals surface area contributed by atoms with Crippen LogP contribution in [-0.2, 0) is 17.9 Å². The molecule has 0 saturated carbocycles. The molecule has 1 heterocycles. The number of nitrogens with zero attached hydrogens (tertiary/aromatic N) is 1. The van der Waals surface area contributed by atoms with Gasteiger partial charge in [0.15, 0.2) is 11.5 Å². The maximum absolute atomic E-state index is 12.2. The lowest BCUT2D eigenvalue weighted by molar-refractivity contribution is -0.124. The number of hydrogen-bond donors (Lipinski definition) is 2. The van der Waals surface area contributed by atoms with Gasteiger partial charge in [0.1, 0.15) is 12.4 Å². The highest BCUT2D eigenvalue weighted by atomic mass is 16.5. The third kappa shape index (κ3) is 5.99. The summed E-state index contributed by atoms with van der Waals surface area (Å²) in [5, 5.41) is 10.1. The van der Waals surface area contributed by atoms with Crippen LogP contribution in [-0.4, -0.2) is 29.8 Å². The fraction of sp³-hybridized carbons (Fsp3) is 0.524. The summed E-state index contributed by atoms with van der Waals surface area (Å²) in [4.78, 5) is 12.2. The second-order valence-corrected chi connectivity index (χ2v) is 7.92. The molecule has 0 fully saturated rings. The molecule has 0 spiro atoms. The van der Waals surface area contributed by atoms with Crippen molar-refractivity contribution in [3.63, 3.8) is 0 Å². The van der Waals surface area contributed by atoms with Crippen molar-refractivity contribution in [2.75, 3.05) is 7.11 Å². The number of hydrogen-bond acceptors (Lipinski definition) is 6. The number of rotatable bonds is 8. The number of amides is 1. The van der Waals surface area contributed by atoms with Crippen LogP contribution in [0.4, 0.5) is 0 Å². The maximum Gasteiger partial charge on any atom is 0.237 e. The third-order valence-corrected chi connectivity index (χ3v) is 4.29. The summed E-state index contributed by atoms with van der Waals surface area (Å²) in [6.07, 6.45) is 0. The van der Waals surface area contributed by atoms with E-state index in [0.29, 0.717) is 24.7 Å². The molecule has 2 aromatic rings. The molecule has 0 aliphatic carbocycles. The van der Waals surface area contributed by atoms with Crippen molar-refractivity contribution in [2.45, 2.75) is 66.3 Å². The van der Waals surface area contributed by atoms with Crippen molar-refractivity contribution >= 4 is 5.91 Å². The zero-order valence-electron chi connectivity index (χ0n) is 17.8. The highest BCUT2D eigenvalue weighted by Gasteiger charge is 2.19. The normalized spacial score (nSPS) is 12.5. The molecule has 2 rings (SSSR count). The first-order valence-corrected chi connectivity index (χ1v) is 9.37. The van der Waals surface area contributed by atoms with Crippen LogP contribution >= 0.6 is 0 Å². The van der Waals surface area contributed by atoms with Gasteiger partial charge in [-0.3, -0.25) is 4.79 Å². The van der Waals surface area contributed by atoms with Crippen molar-refractivity contribution in [1.82, 2.24) is 15.8 Å². The predicted molar refractivity (Wildman–Crippen MR) is 108 cm³/mol. The fourth-order valence-corrected chi connectivity index (χ4v) is 2.64. The Hall–Kier alpha value is -2.54. The average molecular weight is 389 g/mol. The van der Waals surface area contributed by atoms with Gasteiger partial charge in [0.05, 0.1) is 24.4 Å². The van der Waals surface area contributed by atoms with Crippen molar-refractivity contribution in [1.29, 1.82) is 0 Å². The molecule has 28 heavy (non-hydrogen) atoms. The van der Waals surface area contributed by atoms with Gasteiger partial charge >= 0.3 is 0 Å². The smallest absolute Gasteiger partial charge is 0.237 e. The summed E-state index contributed by atoms with van der Waals surface area (Å²) in [5.74, 6) is 2.00. The Kier molecular flexibility index (Phi) is 7.07. The number of methoxy groups -OCH3 is 1. The van der Waals surface area contributed by atoms with Crippen molar-refractivity contribution in [2.24, 2.45) is 0 Å². The lowest BCUT2D eigenvalue weighted by Gasteiger charge is -2.23. The highest BCUT2D eigenvalue weighted by molar-refractivity contribution is 5.81. The van der Waals surface area contributed by atoms with E-state index in [0.717, 1.165) is 22.6 Å². The van der Waals surface area contributed by atoms with Gasteiger partial charge in [0.25, 0.3) is 0 Å². The molecule has 0 saturated heterocycles. The highest BCUT2D eigenvalue weighted by Crippen LogP contribution is 2.29. The molecule has 0 aliphatic rings. The van der Waals surface area contributed by atoms with Gasteiger partial charge in [-0.15, -0.1) is 0 Å². The quantitative estimate of drug-likeness (QED) is 0.721. The molecule has 1 aromatic heterocycles. The van der Waals surface area contributed by atoms with E-state index in [1.165, 1.54) is 0 Å². The van der Waals surface area contributed by atoms with Gasteiger partial charge in [-0.25, -0.2) is 0 Å². The zero-order chi connectivity index (χ0) is 20.9. The van der Waals surface area contributed by atoms with E-state index >= 15 is 0 Å². The zero-order valence-corrected chi connectivity index (χ0v) is 17.8. The van der Waals surface area contributed by atoms with Crippen molar-refractivity contribution in [3.8, 4) is 11.5 Å². The van der Waals surface area contributed by atoms with Gasteiger partial charge in [0.2, 0.25) is 5.91 Å². The molecule has 1 atom stereocenters. The first-order chi connectivity index (χ1) is 13.1. The molecule has 2 N–H and O–H groups in total. The minimum absolute atomic E-state index is 0.0288. The summed E-state index contributed by atoms with van der Waals surface area (Å²) < 4.78 is 16.5. The van der Waals surface area contributed by atoms with E-state index in [1.54, 1.807) is 7.11 Å². The van der Waals surface area contributed by atoms with Crippen LogP contribution < -0.4 is 20.1 Å². The summed E-state index contributed by atoms with van der Waals surface area (Å²) in [6, 6.07) is 5.42. The van der Waals surface area contributed by atoms with E-state index in [9.17, 15) is 4.79 Å². The largest absolute Gasteiger partial charge is 0.493 e. The number of aryl methyl sites for hydroxylation is 2. The van der Waals surface area contributed by atoms with Crippen molar-refractivity contribution < 1.29 is 18.8 Å². The van der Waals surface area contributed by atoms with E-state index < -0.39 is 0 Å². The number of carbonyl (C=O) groups is 1. The van der Waals surface area contributed by atoms with Gasteiger partial charge in [-0.2, -0.15) is 0 Å². The predicted octanol–water partition coefficient (Wildman–Crippen LogP) is 3.27. The molecular weight excluding hydrogens is 358 g/mol.